The van der Waals surface area contributed by atoms with Gasteiger partial charge in [-0.05, 0) is 64.1 Å². The number of hydrogen-bond donors (Lipinski definition) is 1. The predicted molar refractivity (Wildman–Crippen MR) is 71.5 cm³/mol. The molecule has 0 radical (unpaired) electrons. The lowest BCUT2D eigenvalue weighted by atomic mass is 9.93. The summed E-state index contributed by atoms with van der Waals surface area (Å²) >= 11 is 0. The quantitative estimate of drug-likeness (QED) is 0.799. The molecule has 3 nitrogen and oxygen atoms in total. The van der Waals surface area contributed by atoms with Gasteiger partial charge in [0.15, 0.2) is 0 Å². The molecule has 0 aromatic rings. The number of rotatable bonds is 5. The Labute approximate surface area is 106 Å². The van der Waals surface area contributed by atoms with Crippen LogP contribution in [-0.4, -0.2) is 30.1 Å². The van der Waals surface area contributed by atoms with Crippen LogP contribution >= 0.6 is 0 Å². The highest BCUT2D eigenvalue weighted by Gasteiger charge is 2.22. The minimum absolute atomic E-state index is 0.598. The van der Waals surface area contributed by atoms with Crippen molar-refractivity contribution in [2.24, 2.45) is 11.7 Å². The lowest BCUT2D eigenvalue weighted by Crippen LogP contribution is -2.38. The van der Waals surface area contributed by atoms with E-state index in [9.17, 15) is 0 Å². The van der Waals surface area contributed by atoms with Crippen LogP contribution in [-0.2, 0) is 0 Å². The van der Waals surface area contributed by atoms with Crippen molar-refractivity contribution in [3.05, 3.63) is 0 Å². The minimum atomic E-state index is -0.598. The van der Waals surface area contributed by atoms with Crippen molar-refractivity contribution in [2.75, 3.05) is 19.6 Å². The number of hydrogen-bond acceptors (Lipinski definition) is 3. The van der Waals surface area contributed by atoms with Gasteiger partial charge in [-0.2, -0.15) is 5.26 Å². The summed E-state index contributed by atoms with van der Waals surface area (Å²) in [5.41, 5.74) is 5.39. The topological polar surface area (TPSA) is 53.1 Å². The zero-order valence-corrected chi connectivity index (χ0v) is 11.4. The first-order chi connectivity index (χ1) is 8.09. The summed E-state index contributed by atoms with van der Waals surface area (Å²) in [6.45, 7) is 7.89. The monoisotopic (exact) mass is 237 g/mol. The van der Waals surface area contributed by atoms with Crippen LogP contribution in [0.1, 0.15) is 52.4 Å². The third-order valence-corrected chi connectivity index (χ3v) is 4.06. The van der Waals surface area contributed by atoms with Gasteiger partial charge in [0, 0.05) is 0 Å². The Hall–Kier alpha value is -0.590. The molecule has 2 atom stereocenters. The molecule has 1 saturated heterocycles. The van der Waals surface area contributed by atoms with Crippen LogP contribution in [0.15, 0.2) is 0 Å². The van der Waals surface area contributed by atoms with Crippen molar-refractivity contribution in [3.63, 3.8) is 0 Å². The fraction of sp³-hybridized carbons (Fsp3) is 0.929. The SMILES string of the molecule is CCC(N)(C#N)CCCN1CCCC(C)CC1. The van der Waals surface area contributed by atoms with Gasteiger partial charge >= 0.3 is 0 Å². The third kappa shape index (κ3) is 5.06. The first-order valence-corrected chi connectivity index (χ1v) is 7.02. The van der Waals surface area contributed by atoms with Gasteiger partial charge in [0.05, 0.1) is 6.07 Å². The first kappa shape index (κ1) is 14.5. The Kier molecular flexibility index (Phi) is 5.94. The van der Waals surface area contributed by atoms with Crippen LogP contribution < -0.4 is 5.73 Å². The summed E-state index contributed by atoms with van der Waals surface area (Å²) in [7, 11) is 0. The Morgan fingerprint density at radius 1 is 1.41 bits per heavy atom. The van der Waals surface area contributed by atoms with Gasteiger partial charge in [-0.3, -0.25) is 0 Å². The van der Waals surface area contributed by atoms with Gasteiger partial charge in [-0.1, -0.05) is 13.8 Å². The van der Waals surface area contributed by atoms with E-state index in [1.807, 2.05) is 6.92 Å². The molecule has 0 aliphatic carbocycles. The van der Waals surface area contributed by atoms with E-state index in [-0.39, 0.29) is 0 Å². The number of nitrogens with zero attached hydrogens (tertiary/aromatic N) is 2. The standard InChI is InChI=1S/C14H27N3/c1-3-14(16,12-15)8-5-10-17-9-4-6-13(2)7-11-17/h13H,3-11,16H2,1-2H3. The van der Waals surface area contributed by atoms with Crippen molar-refractivity contribution in [3.8, 4) is 6.07 Å². The smallest absolute Gasteiger partial charge is 0.104 e. The van der Waals surface area contributed by atoms with Crippen molar-refractivity contribution in [1.82, 2.24) is 4.90 Å². The highest BCUT2D eigenvalue weighted by atomic mass is 15.1. The highest BCUT2D eigenvalue weighted by molar-refractivity contribution is 5.03. The first-order valence-electron chi connectivity index (χ1n) is 7.02. The van der Waals surface area contributed by atoms with Gasteiger partial charge < -0.3 is 10.6 Å². The molecule has 1 rings (SSSR count). The van der Waals surface area contributed by atoms with Gasteiger partial charge in [0.2, 0.25) is 0 Å². The lowest BCUT2D eigenvalue weighted by Gasteiger charge is -2.23. The molecule has 0 aromatic heterocycles. The molecule has 2 unspecified atom stereocenters. The average Bonchev–Trinajstić information content (AvgIpc) is 2.54. The minimum Gasteiger partial charge on any atom is -0.313 e. The predicted octanol–water partition coefficient (Wildman–Crippen LogP) is 2.52. The summed E-state index contributed by atoms with van der Waals surface area (Å²) in [5, 5.41) is 9.01. The molecule has 1 aliphatic rings. The molecule has 3 heteroatoms. The van der Waals surface area contributed by atoms with Gasteiger partial charge in [0.1, 0.15) is 5.54 Å². The molecule has 0 aromatic carbocycles. The van der Waals surface area contributed by atoms with Crippen LogP contribution in [0.25, 0.3) is 0 Å². The van der Waals surface area contributed by atoms with Gasteiger partial charge in [0.25, 0.3) is 0 Å². The van der Waals surface area contributed by atoms with Crippen LogP contribution in [0.4, 0.5) is 0 Å². The van der Waals surface area contributed by atoms with E-state index in [0.717, 1.165) is 31.7 Å². The molecule has 0 spiro atoms. The Bertz CT molecular complexity index is 259. The van der Waals surface area contributed by atoms with Crippen LogP contribution in [0, 0.1) is 17.2 Å². The average molecular weight is 237 g/mol. The summed E-state index contributed by atoms with van der Waals surface area (Å²) in [6, 6.07) is 2.24. The zero-order chi connectivity index (χ0) is 12.7. The highest BCUT2D eigenvalue weighted by Crippen LogP contribution is 2.18. The second-order valence-corrected chi connectivity index (χ2v) is 5.60. The fourth-order valence-electron chi connectivity index (χ4n) is 2.48. The Balaban J connectivity index is 2.24. The van der Waals surface area contributed by atoms with E-state index >= 15 is 0 Å². The largest absolute Gasteiger partial charge is 0.313 e. The molecular weight excluding hydrogens is 210 g/mol. The van der Waals surface area contributed by atoms with E-state index in [1.165, 1.54) is 32.4 Å². The van der Waals surface area contributed by atoms with Crippen LogP contribution in [0.2, 0.25) is 0 Å². The van der Waals surface area contributed by atoms with Crippen LogP contribution in [0.3, 0.4) is 0 Å². The molecule has 1 heterocycles. The Morgan fingerprint density at radius 3 is 2.82 bits per heavy atom. The molecule has 17 heavy (non-hydrogen) atoms. The maximum absolute atomic E-state index is 9.01. The second kappa shape index (κ2) is 6.98. The summed E-state index contributed by atoms with van der Waals surface area (Å²) in [6.07, 6.45) is 6.63. The van der Waals surface area contributed by atoms with Gasteiger partial charge in [-0.25, -0.2) is 0 Å². The number of likely N-dealkylation sites (tertiary alicyclic amines) is 1. The summed E-state index contributed by atoms with van der Waals surface area (Å²) in [5.74, 6) is 0.878. The maximum atomic E-state index is 9.01. The number of nitriles is 1. The summed E-state index contributed by atoms with van der Waals surface area (Å²) in [4.78, 5) is 2.54. The zero-order valence-electron chi connectivity index (χ0n) is 11.4. The van der Waals surface area contributed by atoms with Gasteiger partial charge in [-0.15, -0.1) is 0 Å². The third-order valence-electron chi connectivity index (χ3n) is 4.06. The van der Waals surface area contributed by atoms with Crippen molar-refractivity contribution in [2.45, 2.75) is 57.9 Å². The molecule has 0 saturated carbocycles. The summed E-state index contributed by atoms with van der Waals surface area (Å²) < 4.78 is 0. The molecular formula is C14H27N3. The van der Waals surface area contributed by atoms with Crippen molar-refractivity contribution in [1.29, 1.82) is 5.26 Å². The molecule has 1 aliphatic heterocycles. The van der Waals surface area contributed by atoms with Crippen molar-refractivity contribution >= 4 is 0 Å². The van der Waals surface area contributed by atoms with E-state index in [4.69, 9.17) is 11.0 Å². The molecule has 0 amide bonds. The lowest BCUT2D eigenvalue weighted by molar-refractivity contribution is 0.267. The van der Waals surface area contributed by atoms with Crippen molar-refractivity contribution < 1.29 is 0 Å². The van der Waals surface area contributed by atoms with E-state index < -0.39 is 5.54 Å². The van der Waals surface area contributed by atoms with E-state index in [0.29, 0.717) is 0 Å². The fourth-order valence-corrected chi connectivity index (χ4v) is 2.48. The molecule has 0 bridgehead atoms. The normalized spacial score (nSPS) is 25.9. The molecule has 2 N–H and O–H groups in total. The molecule has 98 valence electrons. The van der Waals surface area contributed by atoms with E-state index in [2.05, 4.69) is 17.9 Å². The molecule has 1 fully saturated rings. The Morgan fingerprint density at radius 2 is 2.18 bits per heavy atom. The second-order valence-electron chi connectivity index (χ2n) is 5.60. The van der Waals surface area contributed by atoms with Crippen LogP contribution in [0.5, 0.6) is 0 Å². The maximum Gasteiger partial charge on any atom is 0.104 e. The number of nitrogens with two attached hydrogens (primary N) is 1. The van der Waals surface area contributed by atoms with E-state index in [1.54, 1.807) is 0 Å².